The standard InChI is InChI=1S/C15H23FN2O2S/c1-2-11-3-5-12(6-4-11)10-18-21(19,20)15-9-13(16)7-8-14(15)17/h7-9,11-12,18H,2-6,10,17H2,1H3. The fourth-order valence-corrected chi connectivity index (χ4v) is 4.15. The summed E-state index contributed by atoms with van der Waals surface area (Å²) in [6.07, 6.45) is 5.59. The lowest BCUT2D eigenvalue weighted by Crippen LogP contribution is -2.31. The molecule has 6 heteroatoms. The number of hydrogen-bond acceptors (Lipinski definition) is 3. The van der Waals surface area contributed by atoms with E-state index in [4.69, 9.17) is 5.73 Å². The topological polar surface area (TPSA) is 72.2 Å². The first-order valence-electron chi connectivity index (χ1n) is 7.47. The van der Waals surface area contributed by atoms with Crippen LogP contribution in [-0.4, -0.2) is 15.0 Å². The molecule has 1 fully saturated rings. The number of anilines is 1. The van der Waals surface area contributed by atoms with Gasteiger partial charge in [-0.1, -0.05) is 26.2 Å². The van der Waals surface area contributed by atoms with Gasteiger partial charge in [0.15, 0.2) is 0 Å². The number of nitrogens with two attached hydrogens (primary N) is 1. The van der Waals surface area contributed by atoms with E-state index in [1.165, 1.54) is 12.5 Å². The van der Waals surface area contributed by atoms with Crippen molar-refractivity contribution < 1.29 is 12.8 Å². The van der Waals surface area contributed by atoms with Crippen molar-refractivity contribution >= 4 is 15.7 Å². The highest BCUT2D eigenvalue weighted by Gasteiger charge is 2.23. The molecule has 118 valence electrons. The van der Waals surface area contributed by atoms with Crippen molar-refractivity contribution in [3.05, 3.63) is 24.0 Å². The minimum atomic E-state index is -3.75. The van der Waals surface area contributed by atoms with E-state index in [2.05, 4.69) is 11.6 Å². The Labute approximate surface area is 126 Å². The Hall–Kier alpha value is -1.14. The summed E-state index contributed by atoms with van der Waals surface area (Å²) in [6.45, 7) is 2.59. The molecule has 1 saturated carbocycles. The molecule has 0 heterocycles. The fraction of sp³-hybridized carbons (Fsp3) is 0.600. The molecular weight excluding hydrogens is 291 g/mol. The second-order valence-electron chi connectivity index (χ2n) is 5.83. The lowest BCUT2D eigenvalue weighted by Gasteiger charge is -2.27. The van der Waals surface area contributed by atoms with Crippen molar-refractivity contribution in [1.82, 2.24) is 4.72 Å². The minimum absolute atomic E-state index is 0.0681. The van der Waals surface area contributed by atoms with Gasteiger partial charge in [-0.2, -0.15) is 0 Å². The van der Waals surface area contributed by atoms with Gasteiger partial charge < -0.3 is 5.73 Å². The summed E-state index contributed by atoms with van der Waals surface area (Å²) in [4.78, 5) is -0.176. The third-order valence-corrected chi connectivity index (χ3v) is 5.85. The van der Waals surface area contributed by atoms with Crippen molar-refractivity contribution in [3.8, 4) is 0 Å². The molecule has 0 atom stereocenters. The molecule has 21 heavy (non-hydrogen) atoms. The average molecular weight is 314 g/mol. The van der Waals surface area contributed by atoms with Gasteiger partial charge in [0, 0.05) is 6.54 Å². The highest BCUT2D eigenvalue weighted by atomic mass is 32.2. The van der Waals surface area contributed by atoms with Crippen LogP contribution in [0.1, 0.15) is 39.0 Å². The van der Waals surface area contributed by atoms with Gasteiger partial charge in [-0.25, -0.2) is 17.5 Å². The molecule has 4 nitrogen and oxygen atoms in total. The van der Waals surface area contributed by atoms with Gasteiger partial charge in [0.1, 0.15) is 10.7 Å². The van der Waals surface area contributed by atoms with Crippen LogP contribution >= 0.6 is 0 Å². The van der Waals surface area contributed by atoms with Crippen LogP contribution in [-0.2, 0) is 10.0 Å². The molecule has 0 unspecified atom stereocenters. The Bertz CT molecular complexity index is 581. The number of halogens is 1. The molecule has 0 aromatic heterocycles. The molecular formula is C15H23FN2O2S. The number of rotatable bonds is 5. The van der Waals surface area contributed by atoms with Crippen LogP contribution in [0.4, 0.5) is 10.1 Å². The zero-order chi connectivity index (χ0) is 15.5. The normalized spacial score (nSPS) is 23.1. The summed E-state index contributed by atoms with van der Waals surface area (Å²) in [6, 6.07) is 3.39. The summed E-state index contributed by atoms with van der Waals surface area (Å²) in [5.41, 5.74) is 5.70. The number of hydrogen-bond donors (Lipinski definition) is 2. The third kappa shape index (κ3) is 4.17. The first-order valence-corrected chi connectivity index (χ1v) is 8.95. The molecule has 0 spiro atoms. The quantitative estimate of drug-likeness (QED) is 0.821. The van der Waals surface area contributed by atoms with Crippen molar-refractivity contribution in [2.75, 3.05) is 12.3 Å². The molecule has 1 aliphatic carbocycles. The number of nitrogens with one attached hydrogen (secondary N) is 1. The van der Waals surface area contributed by atoms with E-state index in [-0.39, 0.29) is 10.6 Å². The second kappa shape index (κ2) is 6.75. The summed E-state index contributed by atoms with van der Waals surface area (Å²) in [5.74, 6) is 0.530. The summed E-state index contributed by atoms with van der Waals surface area (Å²) in [5, 5.41) is 0. The summed E-state index contributed by atoms with van der Waals surface area (Å²) in [7, 11) is -3.75. The molecule has 2 rings (SSSR count). The van der Waals surface area contributed by atoms with Crippen LogP contribution < -0.4 is 10.5 Å². The van der Waals surface area contributed by atoms with Crippen LogP contribution in [0.2, 0.25) is 0 Å². The molecule has 3 N–H and O–H groups in total. The van der Waals surface area contributed by atoms with E-state index < -0.39 is 15.8 Å². The molecule has 0 saturated heterocycles. The van der Waals surface area contributed by atoms with Gasteiger partial charge in [0.25, 0.3) is 0 Å². The SMILES string of the molecule is CCC1CCC(CNS(=O)(=O)c2cc(F)ccc2N)CC1. The molecule has 1 aliphatic rings. The summed E-state index contributed by atoms with van der Waals surface area (Å²) >= 11 is 0. The lowest BCUT2D eigenvalue weighted by molar-refractivity contribution is 0.270. The zero-order valence-electron chi connectivity index (χ0n) is 12.3. The third-order valence-electron chi connectivity index (χ3n) is 4.37. The average Bonchev–Trinajstić information content (AvgIpc) is 2.48. The van der Waals surface area contributed by atoms with Crippen LogP contribution in [0.25, 0.3) is 0 Å². The van der Waals surface area contributed by atoms with E-state index >= 15 is 0 Å². The van der Waals surface area contributed by atoms with Crippen LogP contribution in [0, 0.1) is 17.7 Å². The van der Waals surface area contributed by atoms with Gasteiger partial charge in [-0.15, -0.1) is 0 Å². The minimum Gasteiger partial charge on any atom is -0.398 e. The molecule has 0 radical (unpaired) electrons. The lowest BCUT2D eigenvalue weighted by atomic mass is 9.81. The monoisotopic (exact) mass is 314 g/mol. The predicted octanol–water partition coefficient (Wildman–Crippen LogP) is 2.90. The van der Waals surface area contributed by atoms with E-state index in [1.807, 2.05) is 0 Å². The summed E-state index contributed by atoms with van der Waals surface area (Å²) < 4.78 is 40.2. The Morgan fingerprint density at radius 2 is 1.86 bits per heavy atom. The van der Waals surface area contributed by atoms with Crippen LogP contribution in [0.5, 0.6) is 0 Å². The maximum atomic E-state index is 13.2. The van der Waals surface area contributed by atoms with E-state index in [1.54, 1.807) is 0 Å². The molecule has 0 bridgehead atoms. The second-order valence-corrected chi connectivity index (χ2v) is 7.56. The van der Waals surface area contributed by atoms with Gasteiger partial charge in [-0.05, 0) is 42.9 Å². The van der Waals surface area contributed by atoms with Gasteiger partial charge in [0.2, 0.25) is 10.0 Å². The van der Waals surface area contributed by atoms with Gasteiger partial charge >= 0.3 is 0 Å². The first kappa shape index (κ1) is 16.2. The Morgan fingerprint density at radius 3 is 2.48 bits per heavy atom. The first-order chi connectivity index (χ1) is 9.92. The van der Waals surface area contributed by atoms with E-state index in [0.29, 0.717) is 12.5 Å². The van der Waals surface area contributed by atoms with Gasteiger partial charge in [0.05, 0.1) is 5.69 Å². The highest BCUT2D eigenvalue weighted by Crippen LogP contribution is 2.30. The molecule has 1 aromatic rings. The molecule has 1 aromatic carbocycles. The van der Waals surface area contributed by atoms with E-state index in [0.717, 1.165) is 43.7 Å². The Balaban J connectivity index is 1.97. The number of sulfonamides is 1. The maximum Gasteiger partial charge on any atom is 0.242 e. The molecule has 0 aliphatic heterocycles. The maximum absolute atomic E-state index is 13.2. The van der Waals surface area contributed by atoms with Crippen molar-refractivity contribution in [2.24, 2.45) is 11.8 Å². The number of benzene rings is 1. The fourth-order valence-electron chi connectivity index (χ4n) is 2.89. The zero-order valence-corrected chi connectivity index (χ0v) is 13.1. The van der Waals surface area contributed by atoms with E-state index in [9.17, 15) is 12.8 Å². The van der Waals surface area contributed by atoms with Crippen molar-refractivity contribution in [2.45, 2.75) is 43.9 Å². The van der Waals surface area contributed by atoms with Crippen molar-refractivity contribution in [3.63, 3.8) is 0 Å². The predicted molar refractivity (Wildman–Crippen MR) is 81.7 cm³/mol. The molecule has 0 amide bonds. The van der Waals surface area contributed by atoms with Crippen LogP contribution in [0.3, 0.4) is 0 Å². The van der Waals surface area contributed by atoms with Crippen molar-refractivity contribution in [1.29, 1.82) is 0 Å². The van der Waals surface area contributed by atoms with Crippen LogP contribution in [0.15, 0.2) is 23.1 Å². The Morgan fingerprint density at radius 1 is 1.24 bits per heavy atom. The highest BCUT2D eigenvalue weighted by molar-refractivity contribution is 7.89. The largest absolute Gasteiger partial charge is 0.398 e. The smallest absolute Gasteiger partial charge is 0.242 e. The number of nitrogen functional groups attached to an aromatic ring is 1. The Kier molecular flexibility index (Phi) is 5.22. The van der Waals surface area contributed by atoms with Gasteiger partial charge in [-0.3, -0.25) is 0 Å².